The number of nitrogens with zero attached hydrogens (tertiary/aromatic N) is 2. The number of amides is 1. The predicted octanol–water partition coefficient (Wildman–Crippen LogP) is 6.82. The van der Waals surface area contributed by atoms with Gasteiger partial charge in [0.2, 0.25) is 0 Å². The van der Waals surface area contributed by atoms with Crippen LogP contribution in [0, 0.1) is 6.92 Å². The van der Waals surface area contributed by atoms with E-state index in [4.69, 9.17) is 0 Å². The molecule has 4 heteroatoms. The van der Waals surface area contributed by atoms with Gasteiger partial charge in [0.05, 0.1) is 11.4 Å². The van der Waals surface area contributed by atoms with Crippen LogP contribution < -0.4 is 5.32 Å². The monoisotopic (exact) mass is 365 g/mol. The fourth-order valence-corrected chi connectivity index (χ4v) is 3.10. The summed E-state index contributed by atoms with van der Waals surface area (Å²) < 4.78 is 0. The highest BCUT2D eigenvalue weighted by atomic mass is 16.1. The van der Waals surface area contributed by atoms with Crippen molar-refractivity contribution in [3.8, 4) is 0 Å². The molecule has 0 aliphatic heterocycles. The smallest absolute Gasteiger partial charge is 0.255 e. The maximum atomic E-state index is 12.7. The van der Waals surface area contributed by atoms with E-state index in [9.17, 15) is 4.79 Å². The molecule has 0 atom stereocenters. The number of nitrogens with one attached hydrogen (secondary N) is 1. The van der Waals surface area contributed by atoms with Crippen LogP contribution >= 0.6 is 0 Å². The Morgan fingerprint density at radius 1 is 0.714 bits per heavy atom. The molecule has 0 fully saturated rings. The molecule has 4 aromatic rings. The van der Waals surface area contributed by atoms with E-state index < -0.39 is 0 Å². The number of rotatable bonds is 4. The first-order valence-electron chi connectivity index (χ1n) is 9.08. The van der Waals surface area contributed by atoms with Gasteiger partial charge < -0.3 is 5.32 Å². The summed E-state index contributed by atoms with van der Waals surface area (Å²) in [4.78, 5) is 12.7. The van der Waals surface area contributed by atoms with Gasteiger partial charge in [0.1, 0.15) is 0 Å². The Kier molecular flexibility index (Phi) is 4.93. The van der Waals surface area contributed by atoms with Gasteiger partial charge in [0.15, 0.2) is 0 Å². The quantitative estimate of drug-likeness (QED) is 0.397. The van der Waals surface area contributed by atoms with Gasteiger partial charge in [-0.15, -0.1) is 5.11 Å². The second kappa shape index (κ2) is 7.84. The standard InChI is InChI=1S/C24H19N3O/c1-17-9-5-6-12-19(17)24(28)25-22-15-16-23(21-14-8-7-13-20(21)22)27-26-18-10-3-2-4-11-18/h2-16H,1H3,(H,25,28). The highest BCUT2D eigenvalue weighted by molar-refractivity contribution is 6.11. The van der Waals surface area contributed by atoms with E-state index in [1.54, 1.807) is 0 Å². The number of anilines is 1. The van der Waals surface area contributed by atoms with Gasteiger partial charge in [-0.3, -0.25) is 4.79 Å². The summed E-state index contributed by atoms with van der Waals surface area (Å²) in [5, 5.41) is 13.6. The van der Waals surface area contributed by atoms with Gasteiger partial charge >= 0.3 is 0 Å². The predicted molar refractivity (Wildman–Crippen MR) is 114 cm³/mol. The van der Waals surface area contributed by atoms with Gasteiger partial charge in [0.25, 0.3) is 5.91 Å². The van der Waals surface area contributed by atoms with Crippen molar-refractivity contribution in [3.05, 3.63) is 102 Å². The van der Waals surface area contributed by atoms with Crippen LogP contribution in [-0.4, -0.2) is 5.91 Å². The van der Waals surface area contributed by atoms with E-state index in [1.165, 1.54) is 0 Å². The van der Waals surface area contributed by atoms with Crippen LogP contribution in [0.2, 0.25) is 0 Å². The summed E-state index contributed by atoms with van der Waals surface area (Å²) >= 11 is 0. The number of aryl methyl sites for hydroxylation is 1. The van der Waals surface area contributed by atoms with Crippen molar-refractivity contribution in [1.82, 2.24) is 0 Å². The fourth-order valence-electron chi connectivity index (χ4n) is 3.10. The SMILES string of the molecule is Cc1ccccc1C(=O)Nc1ccc(N=Nc2ccccc2)c2ccccc12. The molecule has 28 heavy (non-hydrogen) atoms. The summed E-state index contributed by atoms with van der Waals surface area (Å²) in [6.07, 6.45) is 0. The molecule has 0 unspecified atom stereocenters. The van der Waals surface area contributed by atoms with Crippen LogP contribution in [0.4, 0.5) is 17.1 Å². The Hall–Kier alpha value is -3.79. The second-order valence-corrected chi connectivity index (χ2v) is 6.48. The molecular formula is C24H19N3O. The molecule has 1 amide bonds. The third kappa shape index (κ3) is 3.67. The molecule has 0 saturated heterocycles. The first-order chi connectivity index (χ1) is 13.7. The number of hydrogen-bond acceptors (Lipinski definition) is 3. The third-order valence-electron chi connectivity index (χ3n) is 4.57. The lowest BCUT2D eigenvalue weighted by atomic mass is 10.1. The first kappa shape index (κ1) is 17.6. The summed E-state index contributed by atoms with van der Waals surface area (Å²) in [6, 6.07) is 28.8. The molecule has 4 rings (SSSR count). The van der Waals surface area contributed by atoms with Crippen LogP contribution in [0.15, 0.2) is 101 Å². The fraction of sp³-hybridized carbons (Fsp3) is 0.0417. The minimum absolute atomic E-state index is 0.123. The number of benzene rings is 4. The maximum absolute atomic E-state index is 12.7. The van der Waals surface area contributed by atoms with Crippen LogP contribution in [0.5, 0.6) is 0 Å². The van der Waals surface area contributed by atoms with Crippen LogP contribution in [0.25, 0.3) is 10.8 Å². The molecule has 0 aromatic heterocycles. The molecule has 0 heterocycles. The lowest BCUT2D eigenvalue weighted by Gasteiger charge is -2.11. The summed E-state index contributed by atoms with van der Waals surface area (Å²) in [6.45, 7) is 1.93. The molecule has 0 aliphatic rings. The normalized spacial score (nSPS) is 11.0. The van der Waals surface area contributed by atoms with Crippen molar-refractivity contribution >= 4 is 33.7 Å². The van der Waals surface area contributed by atoms with Gasteiger partial charge in [-0.2, -0.15) is 5.11 Å². The third-order valence-corrected chi connectivity index (χ3v) is 4.57. The average Bonchev–Trinajstić information content (AvgIpc) is 2.74. The van der Waals surface area contributed by atoms with Crippen molar-refractivity contribution in [2.24, 2.45) is 10.2 Å². The zero-order valence-corrected chi connectivity index (χ0v) is 15.5. The summed E-state index contributed by atoms with van der Waals surface area (Å²) in [5.74, 6) is -0.123. The molecular weight excluding hydrogens is 346 g/mol. The van der Waals surface area contributed by atoms with Crippen molar-refractivity contribution in [3.63, 3.8) is 0 Å². The number of fused-ring (bicyclic) bond motifs is 1. The van der Waals surface area contributed by atoms with E-state index in [2.05, 4.69) is 15.5 Å². The largest absolute Gasteiger partial charge is 0.321 e. The van der Waals surface area contributed by atoms with Crippen molar-refractivity contribution < 1.29 is 4.79 Å². The van der Waals surface area contributed by atoms with E-state index in [0.29, 0.717) is 5.56 Å². The molecule has 4 aromatic carbocycles. The van der Waals surface area contributed by atoms with Gasteiger partial charge in [0, 0.05) is 22.0 Å². The second-order valence-electron chi connectivity index (χ2n) is 6.48. The van der Waals surface area contributed by atoms with Crippen molar-refractivity contribution in [1.29, 1.82) is 0 Å². The highest BCUT2D eigenvalue weighted by Crippen LogP contribution is 2.33. The molecule has 136 valence electrons. The zero-order valence-electron chi connectivity index (χ0n) is 15.5. The Balaban J connectivity index is 1.69. The van der Waals surface area contributed by atoms with Crippen molar-refractivity contribution in [2.45, 2.75) is 6.92 Å². The van der Waals surface area contributed by atoms with Crippen molar-refractivity contribution in [2.75, 3.05) is 5.32 Å². The Morgan fingerprint density at radius 3 is 2.18 bits per heavy atom. The van der Waals surface area contributed by atoms with Gasteiger partial charge in [-0.25, -0.2) is 0 Å². The minimum atomic E-state index is -0.123. The summed E-state index contributed by atoms with van der Waals surface area (Å²) in [7, 11) is 0. The molecule has 0 spiro atoms. The van der Waals surface area contributed by atoms with Crippen LogP contribution in [0.3, 0.4) is 0 Å². The number of carbonyl (C=O) groups excluding carboxylic acids is 1. The molecule has 0 radical (unpaired) electrons. The summed E-state index contributed by atoms with van der Waals surface area (Å²) in [5.41, 5.74) is 3.91. The lowest BCUT2D eigenvalue weighted by Crippen LogP contribution is -2.13. The van der Waals surface area contributed by atoms with E-state index in [-0.39, 0.29) is 5.91 Å². The lowest BCUT2D eigenvalue weighted by molar-refractivity contribution is 0.102. The molecule has 0 bridgehead atoms. The van der Waals surface area contributed by atoms with Crippen LogP contribution in [0.1, 0.15) is 15.9 Å². The zero-order chi connectivity index (χ0) is 19.3. The molecule has 0 saturated carbocycles. The molecule has 1 N–H and O–H groups in total. The van der Waals surface area contributed by atoms with Gasteiger partial charge in [-0.05, 0) is 42.8 Å². The van der Waals surface area contributed by atoms with E-state index in [0.717, 1.165) is 33.4 Å². The minimum Gasteiger partial charge on any atom is -0.321 e. The molecule has 0 aliphatic carbocycles. The number of azo groups is 1. The number of carbonyl (C=O) groups is 1. The Bertz CT molecular complexity index is 1170. The highest BCUT2D eigenvalue weighted by Gasteiger charge is 2.12. The average molecular weight is 365 g/mol. The number of hydrogen-bond donors (Lipinski definition) is 1. The van der Waals surface area contributed by atoms with Gasteiger partial charge in [-0.1, -0.05) is 60.7 Å². The molecule has 4 nitrogen and oxygen atoms in total. The van der Waals surface area contributed by atoms with Crippen LogP contribution in [-0.2, 0) is 0 Å². The topological polar surface area (TPSA) is 53.8 Å². The maximum Gasteiger partial charge on any atom is 0.255 e. The Morgan fingerprint density at radius 2 is 1.39 bits per heavy atom. The Labute approximate surface area is 163 Å². The first-order valence-corrected chi connectivity index (χ1v) is 9.08. The van der Waals surface area contributed by atoms with E-state index >= 15 is 0 Å². The van der Waals surface area contributed by atoms with E-state index in [1.807, 2.05) is 97.9 Å².